The van der Waals surface area contributed by atoms with Crippen LogP contribution < -0.4 is 9.47 Å². The minimum Gasteiger partial charge on any atom is -0.508 e. The molecule has 168 valence electrons. The van der Waals surface area contributed by atoms with Gasteiger partial charge in [0.15, 0.2) is 28.6 Å². The summed E-state index contributed by atoms with van der Waals surface area (Å²) in [5.74, 6) is 1.18. The van der Waals surface area contributed by atoms with Crippen molar-refractivity contribution in [3.63, 3.8) is 0 Å². The molecule has 2 aromatic heterocycles. The summed E-state index contributed by atoms with van der Waals surface area (Å²) >= 11 is 0. The van der Waals surface area contributed by atoms with Gasteiger partial charge in [0.1, 0.15) is 5.75 Å². The number of aryl methyl sites for hydroxylation is 1. The number of Topliss-reactive ketones (excluding diaryl/α,β-unsaturated/α-hetero) is 1. The molecule has 0 saturated carbocycles. The third-order valence-corrected chi connectivity index (χ3v) is 6.23. The van der Waals surface area contributed by atoms with Crippen molar-refractivity contribution < 1.29 is 19.4 Å². The molecule has 0 spiro atoms. The van der Waals surface area contributed by atoms with Crippen LogP contribution in [0.15, 0.2) is 42.5 Å². The van der Waals surface area contributed by atoms with E-state index in [1.165, 1.54) is 0 Å². The van der Waals surface area contributed by atoms with Gasteiger partial charge >= 0.3 is 0 Å². The number of phenols is 1. The monoisotopic (exact) mass is 444 g/mol. The number of fused-ring (bicyclic) bond motifs is 3. The first kappa shape index (κ1) is 20.9. The van der Waals surface area contributed by atoms with Crippen LogP contribution in [0.3, 0.4) is 0 Å². The zero-order valence-electron chi connectivity index (χ0n) is 18.7. The number of carbonyl (C=O) groups excluding carboxylic acids is 1. The fourth-order valence-corrected chi connectivity index (χ4v) is 4.60. The molecule has 0 bridgehead atoms. The van der Waals surface area contributed by atoms with Crippen LogP contribution in [0.25, 0.3) is 16.8 Å². The lowest BCUT2D eigenvalue weighted by Gasteiger charge is -2.23. The summed E-state index contributed by atoms with van der Waals surface area (Å²) in [4.78, 5) is 13.0. The van der Waals surface area contributed by atoms with Crippen molar-refractivity contribution in [3.05, 3.63) is 65.1 Å². The molecule has 0 radical (unpaired) electrons. The fraction of sp³-hybridized carbons (Fsp3) is 0.280. The van der Waals surface area contributed by atoms with Crippen LogP contribution in [0.2, 0.25) is 0 Å². The van der Waals surface area contributed by atoms with Gasteiger partial charge in [-0.2, -0.15) is 5.10 Å². The maximum atomic E-state index is 13.0. The molecule has 4 aromatic rings. The van der Waals surface area contributed by atoms with E-state index in [4.69, 9.17) is 14.6 Å². The largest absolute Gasteiger partial charge is 0.508 e. The number of ketones is 1. The van der Waals surface area contributed by atoms with Crippen molar-refractivity contribution in [1.29, 1.82) is 0 Å². The van der Waals surface area contributed by atoms with E-state index in [1.54, 1.807) is 30.9 Å². The van der Waals surface area contributed by atoms with Gasteiger partial charge in [-0.25, -0.2) is 4.52 Å². The Hall–Kier alpha value is -3.94. The second kappa shape index (κ2) is 8.20. The van der Waals surface area contributed by atoms with E-state index in [9.17, 15) is 9.90 Å². The Morgan fingerprint density at radius 1 is 1.06 bits per heavy atom. The van der Waals surface area contributed by atoms with E-state index < -0.39 is 0 Å². The van der Waals surface area contributed by atoms with Crippen LogP contribution in [0, 0.1) is 0 Å². The predicted molar refractivity (Wildman–Crippen MR) is 122 cm³/mol. The highest BCUT2D eigenvalue weighted by atomic mass is 16.5. The van der Waals surface area contributed by atoms with E-state index in [0.29, 0.717) is 41.4 Å². The third-order valence-electron chi connectivity index (χ3n) is 6.23. The van der Waals surface area contributed by atoms with Crippen molar-refractivity contribution in [1.82, 2.24) is 19.8 Å². The molecule has 0 fully saturated rings. The number of ether oxygens (including phenoxy) is 2. The molecule has 5 rings (SSSR count). The standard InChI is InChI=1S/C25H24N4O4/c1-4-17-23(14-9-10-21(32-2)22(13-14)33-3)25-27-26-24-18(29(25)28-17)11-15(12-20(24)31)16-7-5-6-8-19(16)30/h5-10,13,15,30H,4,11-12H2,1-3H3/t15-/m0/s1. The van der Waals surface area contributed by atoms with E-state index in [-0.39, 0.29) is 23.9 Å². The highest BCUT2D eigenvalue weighted by Gasteiger charge is 2.32. The normalized spacial score (nSPS) is 15.5. The number of aromatic hydroxyl groups is 1. The lowest BCUT2D eigenvalue weighted by molar-refractivity contribution is 0.0955. The summed E-state index contributed by atoms with van der Waals surface area (Å²) in [5, 5.41) is 23.9. The predicted octanol–water partition coefficient (Wildman–Crippen LogP) is 3.99. The molecule has 0 aliphatic heterocycles. The van der Waals surface area contributed by atoms with Crippen molar-refractivity contribution in [2.24, 2.45) is 0 Å². The number of nitrogens with zero attached hydrogens (tertiary/aromatic N) is 4. The summed E-state index contributed by atoms with van der Waals surface area (Å²) in [6, 6.07) is 12.8. The summed E-state index contributed by atoms with van der Waals surface area (Å²) in [6.07, 6.45) is 1.48. The number of hydrogen-bond acceptors (Lipinski definition) is 7. The summed E-state index contributed by atoms with van der Waals surface area (Å²) in [5.41, 5.74) is 4.98. The first-order chi connectivity index (χ1) is 16.0. The molecular weight excluding hydrogens is 420 g/mol. The Labute approximate surface area is 190 Å². The van der Waals surface area contributed by atoms with Gasteiger partial charge in [-0.15, -0.1) is 10.2 Å². The van der Waals surface area contributed by atoms with E-state index in [2.05, 4.69) is 10.2 Å². The van der Waals surface area contributed by atoms with Crippen molar-refractivity contribution >= 4 is 11.4 Å². The molecule has 2 heterocycles. The topological polar surface area (TPSA) is 98.8 Å². The molecule has 0 amide bonds. The molecule has 1 atom stereocenters. The molecule has 8 nitrogen and oxygen atoms in total. The number of phenolic OH excluding ortho intramolecular Hbond substituents is 1. The lowest BCUT2D eigenvalue weighted by Crippen LogP contribution is -2.24. The Morgan fingerprint density at radius 3 is 2.58 bits per heavy atom. The van der Waals surface area contributed by atoms with Gasteiger partial charge in [0, 0.05) is 12.3 Å². The Balaban J connectivity index is 1.68. The molecule has 2 aromatic carbocycles. The number of para-hydroxylation sites is 1. The van der Waals surface area contributed by atoms with E-state index in [0.717, 1.165) is 22.4 Å². The summed E-state index contributed by atoms with van der Waals surface area (Å²) in [7, 11) is 3.19. The Morgan fingerprint density at radius 2 is 1.85 bits per heavy atom. The van der Waals surface area contributed by atoms with Gasteiger partial charge in [0.2, 0.25) is 0 Å². The number of rotatable bonds is 5. The zero-order chi connectivity index (χ0) is 23.1. The fourth-order valence-electron chi connectivity index (χ4n) is 4.60. The highest BCUT2D eigenvalue weighted by Crippen LogP contribution is 2.39. The quantitative estimate of drug-likeness (QED) is 0.497. The van der Waals surface area contributed by atoms with Crippen LogP contribution >= 0.6 is 0 Å². The molecule has 1 aliphatic carbocycles. The summed E-state index contributed by atoms with van der Waals surface area (Å²) < 4.78 is 12.6. The minimum atomic E-state index is -0.155. The van der Waals surface area contributed by atoms with Gasteiger partial charge in [-0.05, 0) is 42.2 Å². The smallest absolute Gasteiger partial charge is 0.185 e. The molecule has 1 N–H and O–H groups in total. The molecule has 0 unspecified atom stereocenters. The number of methoxy groups -OCH3 is 2. The Bertz CT molecular complexity index is 1380. The first-order valence-electron chi connectivity index (χ1n) is 10.9. The van der Waals surface area contributed by atoms with Gasteiger partial charge in [0.05, 0.1) is 31.2 Å². The van der Waals surface area contributed by atoms with Gasteiger partial charge < -0.3 is 14.6 Å². The highest BCUT2D eigenvalue weighted by molar-refractivity contribution is 5.97. The van der Waals surface area contributed by atoms with Crippen LogP contribution in [0.4, 0.5) is 0 Å². The zero-order valence-corrected chi connectivity index (χ0v) is 18.7. The number of carbonyl (C=O) groups is 1. The second-order valence-corrected chi connectivity index (χ2v) is 8.06. The van der Waals surface area contributed by atoms with E-state index >= 15 is 0 Å². The average molecular weight is 444 g/mol. The van der Waals surface area contributed by atoms with Crippen LogP contribution in [0.5, 0.6) is 17.2 Å². The van der Waals surface area contributed by atoms with Gasteiger partial charge in [-0.3, -0.25) is 4.79 Å². The van der Waals surface area contributed by atoms with Crippen LogP contribution in [-0.4, -0.2) is 44.9 Å². The Kier molecular flexibility index (Phi) is 5.20. The minimum absolute atomic E-state index is 0.0971. The van der Waals surface area contributed by atoms with Crippen molar-refractivity contribution in [2.45, 2.75) is 32.1 Å². The SMILES string of the molecule is CCc1nn2c3c(nnc2c1-c1ccc(OC)c(OC)c1)C(=O)C[C@@H](c1ccccc1O)C3. The number of aromatic nitrogens is 4. The maximum absolute atomic E-state index is 13.0. The summed E-state index contributed by atoms with van der Waals surface area (Å²) in [6.45, 7) is 2.03. The molecule has 33 heavy (non-hydrogen) atoms. The van der Waals surface area contributed by atoms with E-state index in [1.807, 2.05) is 37.3 Å². The number of benzene rings is 2. The van der Waals surface area contributed by atoms with Crippen LogP contribution in [0.1, 0.15) is 46.7 Å². The third kappa shape index (κ3) is 3.38. The van der Waals surface area contributed by atoms with Gasteiger partial charge in [0.25, 0.3) is 0 Å². The van der Waals surface area contributed by atoms with Crippen molar-refractivity contribution in [2.75, 3.05) is 14.2 Å². The lowest BCUT2D eigenvalue weighted by atomic mass is 9.83. The first-order valence-corrected chi connectivity index (χ1v) is 10.9. The average Bonchev–Trinajstić information content (AvgIpc) is 3.23. The second-order valence-electron chi connectivity index (χ2n) is 8.06. The maximum Gasteiger partial charge on any atom is 0.185 e. The molecule has 1 aliphatic rings. The number of hydrogen-bond donors (Lipinski definition) is 1. The molecule has 0 saturated heterocycles. The van der Waals surface area contributed by atoms with Gasteiger partial charge in [-0.1, -0.05) is 31.2 Å². The molecule has 8 heteroatoms. The van der Waals surface area contributed by atoms with Crippen molar-refractivity contribution in [3.8, 4) is 28.4 Å². The van der Waals surface area contributed by atoms with Crippen LogP contribution in [-0.2, 0) is 12.8 Å². The molecular formula is C25H24N4O4.